The third-order valence-corrected chi connectivity index (χ3v) is 5.51. The summed E-state index contributed by atoms with van der Waals surface area (Å²) in [6.45, 7) is 4.91. The maximum Gasteiger partial charge on any atom is 0.413 e. The number of hydrogen-bond acceptors (Lipinski definition) is 3. The molecule has 0 amide bonds. The Bertz CT molecular complexity index is 1330. The molecular weight excluding hydrogens is 400 g/mol. The van der Waals surface area contributed by atoms with E-state index in [0.29, 0.717) is 17.2 Å². The Morgan fingerprint density at radius 2 is 1.80 bits per heavy atom. The molecule has 1 atom stereocenters. The molecule has 2 aromatic heterocycles. The summed E-state index contributed by atoms with van der Waals surface area (Å²) in [5.41, 5.74) is 3.70. The van der Waals surface area contributed by atoms with Gasteiger partial charge >= 0.3 is 11.3 Å². The molecule has 2 N–H and O–H groups in total. The highest BCUT2D eigenvalue weighted by molar-refractivity contribution is 6.30. The minimum atomic E-state index is -0.532. The lowest BCUT2D eigenvalue weighted by molar-refractivity contribution is -0.654. The predicted octanol–water partition coefficient (Wildman–Crippen LogP) is 3.54. The first-order chi connectivity index (χ1) is 14.4. The quantitative estimate of drug-likeness (QED) is 0.367. The normalized spacial score (nSPS) is 12.5. The van der Waals surface area contributed by atoms with Crippen LogP contribution in [-0.2, 0) is 19.4 Å². The van der Waals surface area contributed by atoms with Crippen LogP contribution in [0.1, 0.15) is 31.4 Å². The summed E-state index contributed by atoms with van der Waals surface area (Å²) >= 11 is 6.00. The van der Waals surface area contributed by atoms with Gasteiger partial charge in [-0.15, -0.1) is 0 Å². The lowest BCUT2D eigenvalue weighted by Crippen LogP contribution is -2.43. The highest BCUT2D eigenvalue weighted by Gasteiger charge is 2.20. The Hall–Kier alpha value is -2.99. The molecule has 30 heavy (non-hydrogen) atoms. The number of fused-ring (bicyclic) bond motifs is 2. The molecule has 0 bridgehead atoms. The minimum absolute atomic E-state index is 0.245. The number of aromatic nitrogens is 4. The molecule has 1 unspecified atom stereocenters. The summed E-state index contributed by atoms with van der Waals surface area (Å²) in [5.74, 6) is 0.253. The average molecular weight is 424 g/mol. The van der Waals surface area contributed by atoms with E-state index in [1.165, 1.54) is 11.1 Å². The number of rotatable bonds is 6. The minimum Gasteiger partial charge on any atom is -0.267 e. The maximum absolute atomic E-state index is 12.5. The van der Waals surface area contributed by atoms with Crippen LogP contribution in [0.3, 0.4) is 0 Å². The van der Waals surface area contributed by atoms with Gasteiger partial charge in [-0.3, -0.25) is 9.78 Å². The van der Waals surface area contributed by atoms with Crippen molar-refractivity contribution in [1.29, 1.82) is 0 Å². The summed E-state index contributed by atoms with van der Waals surface area (Å²) in [4.78, 5) is 34.1. The van der Waals surface area contributed by atoms with Crippen LogP contribution in [0.15, 0.2) is 52.1 Å². The molecule has 0 radical (unpaired) electrons. The fraction of sp³-hybridized carbons (Fsp3) is 0.304. The Labute approximate surface area is 178 Å². The number of hydrogen-bond donors (Lipinski definition) is 2. The highest BCUT2D eigenvalue weighted by Crippen LogP contribution is 2.17. The predicted molar refractivity (Wildman–Crippen MR) is 119 cm³/mol. The van der Waals surface area contributed by atoms with Gasteiger partial charge in [0.1, 0.15) is 5.52 Å². The average Bonchev–Trinajstić information content (AvgIpc) is 2.70. The summed E-state index contributed by atoms with van der Waals surface area (Å²) < 4.78 is 2.00. The van der Waals surface area contributed by atoms with Crippen LogP contribution in [0.4, 0.5) is 0 Å². The Kier molecular flexibility index (Phi) is 5.68. The summed E-state index contributed by atoms with van der Waals surface area (Å²) in [5, 5.41) is 0.714. The van der Waals surface area contributed by atoms with E-state index in [1.807, 2.05) is 41.0 Å². The third-order valence-electron chi connectivity index (χ3n) is 5.26. The molecule has 6 nitrogen and oxygen atoms in total. The number of H-pyrrole nitrogens is 2. The summed E-state index contributed by atoms with van der Waals surface area (Å²) in [7, 11) is 0. The summed E-state index contributed by atoms with van der Waals surface area (Å²) in [6.07, 6.45) is 2.83. The second-order valence-corrected chi connectivity index (χ2v) is 8.27. The van der Waals surface area contributed by atoms with Crippen LogP contribution in [0.25, 0.3) is 22.2 Å². The first-order valence-corrected chi connectivity index (χ1v) is 10.6. The van der Waals surface area contributed by atoms with Gasteiger partial charge in [0.15, 0.2) is 5.52 Å². The zero-order valence-electron chi connectivity index (χ0n) is 17.0. The first kappa shape index (κ1) is 20.3. The van der Waals surface area contributed by atoms with E-state index in [-0.39, 0.29) is 11.4 Å². The number of nitrogens with zero attached hydrogens (tertiary/aromatic N) is 2. The van der Waals surface area contributed by atoms with Gasteiger partial charge in [0, 0.05) is 5.02 Å². The third kappa shape index (κ3) is 4.14. The van der Waals surface area contributed by atoms with E-state index in [2.05, 4.69) is 34.9 Å². The van der Waals surface area contributed by atoms with Crippen molar-refractivity contribution >= 4 is 33.8 Å². The highest BCUT2D eigenvalue weighted by atomic mass is 35.5. The fourth-order valence-electron chi connectivity index (χ4n) is 3.93. The van der Waals surface area contributed by atoms with Crippen LogP contribution in [0.5, 0.6) is 0 Å². The van der Waals surface area contributed by atoms with Crippen LogP contribution < -0.4 is 15.8 Å². The van der Waals surface area contributed by atoms with E-state index < -0.39 is 11.2 Å². The Balaban J connectivity index is 1.83. The second kappa shape index (κ2) is 8.40. The van der Waals surface area contributed by atoms with Gasteiger partial charge in [-0.25, -0.2) is 14.3 Å². The van der Waals surface area contributed by atoms with Crippen molar-refractivity contribution in [2.75, 3.05) is 0 Å². The first-order valence-electron chi connectivity index (χ1n) is 10.2. The molecule has 0 aliphatic carbocycles. The van der Waals surface area contributed by atoms with E-state index in [4.69, 9.17) is 11.6 Å². The lowest BCUT2D eigenvalue weighted by Gasteiger charge is -2.14. The van der Waals surface area contributed by atoms with Crippen LogP contribution >= 0.6 is 11.6 Å². The number of halogens is 1. The second-order valence-electron chi connectivity index (χ2n) is 7.84. The molecule has 4 rings (SSSR count). The Morgan fingerprint density at radius 3 is 2.53 bits per heavy atom. The standard InChI is InChI=1S/C23H23ClN4O2/c1-3-4-15-7-10-19-18(12-15)25-20-21(26-23(30)27-22(20)29)28(19)13-14(2)11-16-5-8-17(24)9-6-16/h5-10,12,14H,3-4,11,13H2,1-2H3,(H,27,29,30)/p+1. The van der Waals surface area contributed by atoms with Crippen molar-refractivity contribution in [3.63, 3.8) is 0 Å². The monoisotopic (exact) mass is 423 g/mol. The SMILES string of the molecule is CCCc1ccc2c(c1)nc1c(=O)[nH]c(=O)[nH]c1[n+]2CC(C)Cc1ccc(Cl)cc1. The molecule has 0 saturated heterocycles. The molecule has 2 heterocycles. The van der Waals surface area contributed by atoms with E-state index in [9.17, 15) is 9.59 Å². The number of nitrogens with one attached hydrogen (secondary N) is 2. The van der Waals surface area contributed by atoms with E-state index >= 15 is 0 Å². The Morgan fingerprint density at radius 1 is 1.07 bits per heavy atom. The molecule has 154 valence electrons. The number of aryl methyl sites for hydroxylation is 1. The van der Waals surface area contributed by atoms with Crippen molar-refractivity contribution in [3.05, 3.63) is 79.5 Å². The number of aromatic amines is 2. The van der Waals surface area contributed by atoms with Crippen LogP contribution in [-0.4, -0.2) is 15.0 Å². The van der Waals surface area contributed by atoms with Gasteiger partial charge in [0.05, 0.1) is 6.54 Å². The van der Waals surface area contributed by atoms with E-state index in [0.717, 1.165) is 30.3 Å². The van der Waals surface area contributed by atoms with Gasteiger partial charge in [0.25, 0.3) is 5.56 Å². The van der Waals surface area contributed by atoms with Crippen molar-refractivity contribution in [2.45, 2.75) is 39.7 Å². The van der Waals surface area contributed by atoms with Crippen molar-refractivity contribution in [2.24, 2.45) is 5.92 Å². The van der Waals surface area contributed by atoms with Crippen molar-refractivity contribution in [3.8, 4) is 0 Å². The zero-order valence-corrected chi connectivity index (χ0v) is 17.8. The van der Waals surface area contributed by atoms with Crippen molar-refractivity contribution in [1.82, 2.24) is 15.0 Å². The van der Waals surface area contributed by atoms with Gasteiger partial charge in [-0.2, -0.15) is 4.98 Å². The van der Waals surface area contributed by atoms with Crippen LogP contribution in [0.2, 0.25) is 5.02 Å². The van der Waals surface area contributed by atoms with Gasteiger partial charge in [-0.05, 0) is 54.2 Å². The maximum atomic E-state index is 12.5. The fourth-order valence-corrected chi connectivity index (χ4v) is 4.05. The molecule has 0 saturated carbocycles. The number of benzene rings is 2. The van der Waals surface area contributed by atoms with Crippen molar-refractivity contribution < 1.29 is 4.57 Å². The van der Waals surface area contributed by atoms with Gasteiger partial charge in [-0.1, -0.05) is 50.1 Å². The van der Waals surface area contributed by atoms with E-state index in [1.54, 1.807) is 0 Å². The topological polar surface area (TPSA) is 82.5 Å². The largest absolute Gasteiger partial charge is 0.413 e. The molecule has 0 aliphatic rings. The molecule has 4 aromatic rings. The van der Waals surface area contributed by atoms with Crippen LogP contribution in [0, 0.1) is 5.92 Å². The lowest BCUT2D eigenvalue weighted by atomic mass is 10.0. The molecule has 2 aromatic carbocycles. The molecule has 0 spiro atoms. The van der Waals surface area contributed by atoms with Gasteiger partial charge < -0.3 is 0 Å². The summed E-state index contributed by atoms with van der Waals surface area (Å²) in [6, 6.07) is 14.0. The molecular formula is C23H24ClN4O2+. The molecule has 7 heteroatoms. The molecule has 0 fully saturated rings. The van der Waals surface area contributed by atoms with Gasteiger partial charge in [0.2, 0.25) is 5.52 Å². The molecule has 0 aliphatic heterocycles. The smallest absolute Gasteiger partial charge is 0.267 e. The zero-order chi connectivity index (χ0) is 21.3.